The average Bonchev–Trinajstić information content (AvgIpc) is 2.71. The summed E-state index contributed by atoms with van der Waals surface area (Å²) in [5, 5.41) is 15.6. The van der Waals surface area contributed by atoms with Crippen molar-refractivity contribution in [2.45, 2.75) is 0 Å². The first kappa shape index (κ1) is 10.2. The van der Waals surface area contributed by atoms with Crippen LogP contribution in [-0.4, -0.2) is 26.1 Å². The first-order chi connectivity index (χ1) is 7.59. The van der Waals surface area contributed by atoms with Crippen molar-refractivity contribution >= 4 is 5.97 Å². The maximum atomic E-state index is 13.3. The van der Waals surface area contributed by atoms with Crippen molar-refractivity contribution in [3.63, 3.8) is 0 Å². The fraction of sp³-hybridized carbons (Fsp3) is 0. The molecule has 0 aliphatic heterocycles. The van der Waals surface area contributed by atoms with Crippen molar-refractivity contribution in [2.75, 3.05) is 0 Å². The predicted molar refractivity (Wildman–Crippen MR) is 48.2 cm³/mol. The molecule has 2 aromatic rings. The molecule has 0 saturated heterocycles. The Labute approximate surface area is 87.9 Å². The van der Waals surface area contributed by atoms with E-state index in [9.17, 15) is 13.6 Å². The van der Waals surface area contributed by atoms with Crippen LogP contribution in [0.2, 0.25) is 0 Å². The highest BCUT2D eigenvalue weighted by molar-refractivity contribution is 5.84. The zero-order valence-electron chi connectivity index (χ0n) is 7.76. The van der Waals surface area contributed by atoms with E-state index in [0.717, 1.165) is 17.1 Å². The summed E-state index contributed by atoms with van der Waals surface area (Å²) < 4.78 is 26.1. The number of aromatic carboxylic acids is 1. The lowest BCUT2D eigenvalue weighted by molar-refractivity contribution is 0.0690. The van der Waals surface area contributed by atoms with Crippen LogP contribution in [0.4, 0.5) is 8.78 Å². The van der Waals surface area contributed by atoms with Crippen LogP contribution >= 0.6 is 0 Å². The van der Waals surface area contributed by atoms with Gasteiger partial charge in [0.05, 0.1) is 6.20 Å². The SMILES string of the molecule is O=C(O)c1cnn(-c2cccc(F)c2F)n1. The van der Waals surface area contributed by atoms with E-state index in [2.05, 4.69) is 10.2 Å². The molecule has 82 valence electrons. The highest BCUT2D eigenvalue weighted by Gasteiger charge is 2.14. The van der Waals surface area contributed by atoms with Gasteiger partial charge in [-0.15, -0.1) is 9.90 Å². The van der Waals surface area contributed by atoms with Gasteiger partial charge in [-0.1, -0.05) is 6.07 Å². The van der Waals surface area contributed by atoms with Crippen molar-refractivity contribution in [1.29, 1.82) is 0 Å². The Hall–Kier alpha value is -2.31. The number of carbonyl (C=O) groups is 1. The molecule has 1 N–H and O–H groups in total. The van der Waals surface area contributed by atoms with Crippen molar-refractivity contribution in [2.24, 2.45) is 0 Å². The Kier molecular flexibility index (Phi) is 2.35. The molecule has 16 heavy (non-hydrogen) atoms. The quantitative estimate of drug-likeness (QED) is 0.834. The van der Waals surface area contributed by atoms with E-state index in [4.69, 9.17) is 5.11 Å². The molecule has 0 spiro atoms. The molecule has 1 heterocycles. The number of rotatable bonds is 2. The van der Waals surface area contributed by atoms with Crippen molar-refractivity contribution in [3.8, 4) is 5.69 Å². The number of carboxylic acids is 1. The Morgan fingerprint density at radius 2 is 2.12 bits per heavy atom. The van der Waals surface area contributed by atoms with E-state index >= 15 is 0 Å². The molecular formula is C9H5F2N3O2. The van der Waals surface area contributed by atoms with Crippen LogP contribution in [-0.2, 0) is 0 Å². The fourth-order valence-corrected chi connectivity index (χ4v) is 1.12. The van der Waals surface area contributed by atoms with Crippen LogP contribution in [0.25, 0.3) is 5.69 Å². The molecule has 2 rings (SSSR count). The molecule has 0 atom stereocenters. The van der Waals surface area contributed by atoms with E-state index in [1.165, 1.54) is 12.1 Å². The maximum Gasteiger partial charge on any atom is 0.358 e. The minimum Gasteiger partial charge on any atom is -0.476 e. The van der Waals surface area contributed by atoms with E-state index in [1.807, 2.05) is 0 Å². The third-order valence-corrected chi connectivity index (χ3v) is 1.86. The molecule has 1 aromatic heterocycles. The van der Waals surface area contributed by atoms with Gasteiger partial charge in [0.25, 0.3) is 0 Å². The van der Waals surface area contributed by atoms with Crippen molar-refractivity contribution < 1.29 is 18.7 Å². The van der Waals surface area contributed by atoms with Gasteiger partial charge in [-0.3, -0.25) is 0 Å². The molecule has 0 fully saturated rings. The lowest BCUT2D eigenvalue weighted by Gasteiger charge is -2.00. The Morgan fingerprint density at radius 1 is 1.38 bits per heavy atom. The summed E-state index contributed by atoms with van der Waals surface area (Å²) in [5.41, 5.74) is -0.587. The summed E-state index contributed by atoms with van der Waals surface area (Å²) in [6, 6.07) is 3.46. The van der Waals surface area contributed by atoms with Gasteiger partial charge < -0.3 is 5.11 Å². The largest absolute Gasteiger partial charge is 0.476 e. The summed E-state index contributed by atoms with van der Waals surface area (Å²) in [6.07, 6.45) is 0.951. The third kappa shape index (κ3) is 1.62. The highest BCUT2D eigenvalue weighted by atomic mass is 19.2. The van der Waals surface area contributed by atoms with Crippen LogP contribution < -0.4 is 0 Å². The van der Waals surface area contributed by atoms with Crippen LogP contribution in [0.15, 0.2) is 24.4 Å². The predicted octanol–water partition coefficient (Wildman–Crippen LogP) is 1.24. The molecule has 0 aliphatic carbocycles. The number of halogens is 2. The van der Waals surface area contributed by atoms with Gasteiger partial charge in [0, 0.05) is 0 Å². The summed E-state index contributed by atoms with van der Waals surface area (Å²) in [7, 11) is 0. The number of aromatic nitrogens is 3. The Balaban J connectivity index is 2.50. The highest BCUT2D eigenvalue weighted by Crippen LogP contribution is 2.14. The van der Waals surface area contributed by atoms with Gasteiger partial charge in [-0.2, -0.15) is 5.10 Å². The Bertz CT molecular complexity index is 553. The van der Waals surface area contributed by atoms with E-state index in [0.29, 0.717) is 0 Å². The Morgan fingerprint density at radius 3 is 2.75 bits per heavy atom. The van der Waals surface area contributed by atoms with E-state index in [1.54, 1.807) is 0 Å². The van der Waals surface area contributed by atoms with Crippen molar-refractivity contribution in [1.82, 2.24) is 15.0 Å². The average molecular weight is 225 g/mol. The maximum absolute atomic E-state index is 13.3. The topological polar surface area (TPSA) is 68.0 Å². The molecular weight excluding hydrogens is 220 g/mol. The first-order valence-electron chi connectivity index (χ1n) is 4.19. The second-order valence-corrected chi connectivity index (χ2v) is 2.90. The van der Waals surface area contributed by atoms with Gasteiger partial charge in [0.1, 0.15) is 5.69 Å². The molecule has 0 saturated carbocycles. The van der Waals surface area contributed by atoms with Gasteiger partial charge >= 0.3 is 5.97 Å². The smallest absolute Gasteiger partial charge is 0.358 e. The number of nitrogens with zero attached hydrogens (tertiary/aromatic N) is 3. The molecule has 0 bridgehead atoms. The second-order valence-electron chi connectivity index (χ2n) is 2.90. The molecule has 5 nitrogen and oxygen atoms in total. The monoisotopic (exact) mass is 225 g/mol. The van der Waals surface area contributed by atoms with Gasteiger partial charge in [0.2, 0.25) is 0 Å². The second kappa shape index (κ2) is 3.69. The van der Waals surface area contributed by atoms with Crippen molar-refractivity contribution in [3.05, 3.63) is 41.7 Å². The zero-order valence-corrected chi connectivity index (χ0v) is 7.76. The third-order valence-electron chi connectivity index (χ3n) is 1.86. The van der Waals surface area contributed by atoms with Crippen LogP contribution in [0.5, 0.6) is 0 Å². The standard InChI is InChI=1S/C9H5F2N3O2/c10-5-2-1-3-7(8(5)11)14-12-4-6(13-14)9(15)16/h1-4H,(H,15,16). The summed E-state index contributed by atoms with van der Waals surface area (Å²) in [6.45, 7) is 0. The summed E-state index contributed by atoms with van der Waals surface area (Å²) in [4.78, 5) is 11.2. The number of hydrogen-bond donors (Lipinski definition) is 1. The molecule has 1 aromatic carbocycles. The first-order valence-corrected chi connectivity index (χ1v) is 4.19. The van der Waals surface area contributed by atoms with Crippen LogP contribution in [0.3, 0.4) is 0 Å². The molecule has 7 heteroatoms. The van der Waals surface area contributed by atoms with E-state index < -0.39 is 17.6 Å². The van der Waals surface area contributed by atoms with Crippen LogP contribution in [0.1, 0.15) is 10.5 Å². The summed E-state index contributed by atoms with van der Waals surface area (Å²) >= 11 is 0. The number of hydrogen-bond acceptors (Lipinski definition) is 3. The molecule has 0 amide bonds. The number of carboxylic acid groups (broad SMARTS) is 1. The molecule has 0 unspecified atom stereocenters. The fourth-order valence-electron chi connectivity index (χ4n) is 1.12. The normalized spacial score (nSPS) is 10.4. The summed E-state index contributed by atoms with van der Waals surface area (Å²) in [5.74, 6) is -3.47. The lowest BCUT2D eigenvalue weighted by atomic mass is 10.3. The number of benzene rings is 1. The van der Waals surface area contributed by atoms with Gasteiger partial charge in [0.15, 0.2) is 17.3 Å². The van der Waals surface area contributed by atoms with Gasteiger partial charge in [-0.25, -0.2) is 13.6 Å². The lowest BCUT2D eigenvalue weighted by Crippen LogP contribution is -2.05. The minimum absolute atomic E-state index is 0.243. The molecule has 0 radical (unpaired) electrons. The van der Waals surface area contributed by atoms with Gasteiger partial charge in [-0.05, 0) is 12.1 Å². The molecule has 0 aliphatic rings. The minimum atomic E-state index is -1.29. The van der Waals surface area contributed by atoms with Crippen LogP contribution in [0, 0.1) is 11.6 Å². The van der Waals surface area contributed by atoms with E-state index in [-0.39, 0.29) is 11.4 Å². The zero-order chi connectivity index (χ0) is 11.7.